The van der Waals surface area contributed by atoms with E-state index in [1.54, 1.807) is 43.9 Å². The Balaban J connectivity index is 1.39. The zero-order valence-electron chi connectivity index (χ0n) is 21.9. The second kappa shape index (κ2) is 12.2. The van der Waals surface area contributed by atoms with Crippen LogP contribution in [0.25, 0.3) is 10.9 Å². The number of anilines is 1. The van der Waals surface area contributed by atoms with Crippen LogP contribution in [0.1, 0.15) is 43.0 Å². The van der Waals surface area contributed by atoms with Crippen LogP contribution in [0.5, 0.6) is 5.75 Å². The summed E-state index contributed by atoms with van der Waals surface area (Å²) in [5.41, 5.74) is 2.81. The second-order valence-corrected chi connectivity index (χ2v) is 9.99. The number of likely N-dealkylation sites (tertiary alicyclic amines) is 1. The molecule has 2 heterocycles. The maximum Gasteiger partial charge on any atom is 0.249 e. The summed E-state index contributed by atoms with van der Waals surface area (Å²) in [5, 5.41) is 13.0. The van der Waals surface area contributed by atoms with Crippen LogP contribution in [-0.4, -0.2) is 54.3 Å². The fourth-order valence-electron chi connectivity index (χ4n) is 5.31. The first-order valence-electron chi connectivity index (χ1n) is 12.8. The lowest BCUT2D eigenvalue weighted by Gasteiger charge is -2.40. The van der Waals surface area contributed by atoms with Gasteiger partial charge < -0.3 is 15.0 Å². The monoisotopic (exact) mass is 548 g/mol. The molecule has 0 radical (unpaired) electrons. The number of aromatic nitrogens is 1. The fourth-order valence-corrected chi connectivity index (χ4v) is 5.31. The van der Waals surface area contributed by atoms with E-state index in [0.29, 0.717) is 66.8 Å². The number of pyridine rings is 1. The molecule has 1 amide bonds. The Kier molecular flexibility index (Phi) is 8.91. The Bertz CT molecular complexity index is 1310. The molecule has 1 saturated heterocycles. The van der Waals surface area contributed by atoms with Crippen molar-refractivity contribution in [3.8, 4) is 5.75 Å². The lowest BCUT2D eigenvalue weighted by Crippen LogP contribution is -2.49. The van der Waals surface area contributed by atoms with Gasteiger partial charge in [-0.2, -0.15) is 0 Å². The van der Waals surface area contributed by atoms with Crippen molar-refractivity contribution in [3.63, 3.8) is 0 Å². The maximum absolute atomic E-state index is 15.8. The van der Waals surface area contributed by atoms with Gasteiger partial charge in [-0.05, 0) is 75.0 Å². The third-order valence-corrected chi connectivity index (χ3v) is 7.64. The van der Waals surface area contributed by atoms with Gasteiger partial charge in [0.1, 0.15) is 11.9 Å². The topological polar surface area (TPSA) is 86.7 Å². The van der Waals surface area contributed by atoms with Crippen LogP contribution in [0.4, 0.5) is 23.2 Å². The van der Waals surface area contributed by atoms with E-state index >= 15 is 4.39 Å². The summed E-state index contributed by atoms with van der Waals surface area (Å²) < 4.78 is 61.1. The number of carbonyl (C=O) groups excluding carboxylic acids is 1. The van der Waals surface area contributed by atoms with Gasteiger partial charge in [-0.15, -0.1) is 0 Å². The minimum atomic E-state index is -1.52. The molecular formula is C28H32F4N4O3. The molecule has 0 aliphatic carbocycles. The minimum absolute atomic E-state index is 0.0772. The Hall–Kier alpha value is -3.44. The van der Waals surface area contributed by atoms with Crippen LogP contribution in [0.2, 0.25) is 0 Å². The smallest absolute Gasteiger partial charge is 0.249 e. The highest BCUT2D eigenvalue weighted by molar-refractivity contribution is 5.85. The summed E-state index contributed by atoms with van der Waals surface area (Å²) in [6.45, 7) is 3.66. The number of methoxy groups -OCH3 is 1. The van der Waals surface area contributed by atoms with E-state index in [4.69, 9.17) is 4.74 Å². The zero-order chi connectivity index (χ0) is 28.2. The van der Waals surface area contributed by atoms with Gasteiger partial charge >= 0.3 is 0 Å². The SMILES string of the molecule is COc1ccc2ncc(C)c(C(F)CCC3(C(=O)NO)CCN(CCNc4cc(F)c(F)c(F)c4)CC3)c2c1. The van der Waals surface area contributed by atoms with Crippen molar-refractivity contribution in [2.24, 2.45) is 5.41 Å². The van der Waals surface area contributed by atoms with Crippen molar-refractivity contribution in [1.29, 1.82) is 0 Å². The molecule has 3 N–H and O–H groups in total. The van der Waals surface area contributed by atoms with Crippen LogP contribution in [-0.2, 0) is 4.79 Å². The molecule has 0 bridgehead atoms. The van der Waals surface area contributed by atoms with E-state index in [2.05, 4.69) is 15.2 Å². The minimum Gasteiger partial charge on any atom is -0.497 e. The number of benzene rings is 2. The average Bonchev–Trinajstić information content (AvgIpc) is 2.94. The van der Waals surface area contributed by atoms with Crippen LogP contribution in [0.3, 0.4) is 0 Å². The van der Waals surface area contributed by atoms with E-state index in [1.165, 1.54) is 0 Å². The van der Waals surface area contributed by atoms with Crippen molar-refractivity contribution < 1.29 is 32.3 Å². The molecule has 1 aromatic heterocycles. The number of hydroxylamine groups is 1. The first kappa shape index (κ1) is 28.6. The normalized spacial score (nSPS) is 16.2. The summed E-state index contributed by atoms with van der Waals surface area (Å²) in [6, 6.07) is 7.08. The summed E-state index contributed by atoms with van der Waals surface area (Å²) in [5.74, 6) is -4.00. The van der Waals surface area contributed by atoms with Gasteiger partial charge in [-0.3, -0.25) is 15.0 Å². The molecule has 1 unspecified atom stereocenters. The molecule has 11 heteroatoms. The first-order valence-corrected chi connectivity index (χ1v) is 12.8. The van der Waals surface area contributed by atoms with Crippen molar-refractivity contribution in [1.82, 2.24) is 15.4 Å². The van der Waals surface area contributed by atoms with E-state index in [1.807, 2.05) is 0 Å². The summed E-state index contributed by atoms with van der Waals surface area (Å²) in [4.78, 5) is 19.2. The van der Waals surface area contributed by atoms with Crippen LogP contribution < -0.4 is 15.5 Å². The third kappa shape index (κ3) is 6.25. The standard InChI is InChI=1S/C28H32F4N4O3/c1-17-16-34-24-4-3-19(39-2)15-20(24)25(17)21(29)5-6-28(27(37)35-38)7-10-36(11-8-28)12-9-33-18-13-22(30)26(32)23(31)14-18/h3-4,13-16,21,33,38H,5-12H2,1-2H3,(H,35,37). The Morgan fingerprint density at radius 2 is 1.87 bits per heavy atom. The number of halogens is 4. The third-order valence-electron chi connectivity index (χ3n) is 7.64. The van der Waals surface area contributed by atoms with Crippen LogP contribution in [0.15, 0.2) is 36.5 Å². The van der Waals surface area contributed by atoms with E-state index in [-0.39, 0.29) is 18.5 Å². The molecule has 3 aromatic rings. The lowest BCUT2D eigenvalue weighted by molar-refractivity contribution is -0.143. The van der Waals surface area contributed by atoms with Gasteiger partial charge in [-0.1, -0.05) is 0 Å². The highest BCUT2D eigenvalue weighted by Gasteiger charge is 2.41. The number of fused-ring (bicyclic) bond motifs is 1. The Labute approximate surface area is 224 Å². The molecule has 0 spiro atoms. The number of hydrogen-bond donors (Lipinski definition) is 3. The molecule has 7 nitrogen and oxygen atoms in total. The number of nitrogens with zero attached hydrogens (tertiary/aromatic N) is 2. The zero-order valence-corrected chi connectivity index (χ0v) is 21.9. The molecule has 39 heavy (non-hydrogen) atoms. The lowest BCUT2D eigenvalue weighted by atomic mass is 9.73. The predicted molar refractivity (Wildman–Crippen MR) is 139 cm³/mol. The van der Waals surface area contributed by atoms with Crippen molar-refractivity contribution in [2.75, 3.05) is 38.6 Å². The molecule has 1 aliphatic rings. The number of alkyl halides is 1. The average molecular weight is 549 g/mol. The number of carbonyl (C=O) groups is 1. The van der Waals surface area contributed by atoms with Gasteiger partial charge in [0, 0.05) is 42.5 Å². The largest absolute Gasteiger partial charge is 0.497 e. The molecule has 1 fully saturated rings. The predicted octanol–water partition coefficient (Wildman–Crippen LogP) is 5.46. The summed E-state index contributed by atoms with van der Waals surface area (Å²) in [6.07, 6.45) is 1.38. The number of ether oxygens (including phenoxy) is 1. The number of hydrogen-bond acceptors (Lipinski definition) is 6. The molecule has 1 aliphatic heterocycles. The van der Waals surface area contributed by atoms with E-state index in [0.717, 1.165) is 12.1 Å². The molecule has 1 atom stereocenters. The Morgan fingerprint density at radius 1 is 1.18 bits per heavy atom. The highest BCUT2D eigenvalue weighted by atomic mass is 19.2. The van der Waals surface area contributed by atoms with Crippen molar-refractivity contribution in [3.05, 3.63) is 65.1 Å². The van der Waals surface area contributed by atoms with Gasteiger partial charge in [0.25, 0.3) is 0 Å². The number of amides is 1. The van der Waals surface area contributed by atoms with E-state index < -0.39 is 34.9 Å². The van der Waals surface area contributed by atoms with Crippen LogP contribution >= 0.6 is 0 Å². The molecule has 0 saturated carbocycles. The number of aryl methyl sites for hydroxylation is 1. The van der Waals surface area contributed by atoms with Gasteiger partial charge in [0.05, 0.1) is 18.0 Å². The summed E-state index contributed by atoms with van der Waals surface area (Å²) in [7, 11) is 1.54. The highest BCUT2D eigenvalue weighted by Crippen LogP contribution is 2.41. The quantitative estimate of drug-likeness (QED) is 0.135. The van der Waals surface area contributed by atoms with Crippen molar-refractivity contribution >= 4 is 22.5 Å². The van der Waals surface area contributed by atoms with Gasteiger partial charge in [0.15, 0.2) is 17.5 Å². The first-order chi connectivity index (χ1) is 18.7. The number of piperidine rings is 1. The number of rotatable bonds is 10. The molecule has 4 rings (SSSR count). The van der Waals surface area contributed by atoms with Gasteiger partial charge in [0.2, 0.25) is 5.91 Å². The summed E-state index contributed by atoms with van der Waals surface area (Å²) >= 11 is 0. The van der Waals surface area contributed by atoms with Gasteiger partial charge in [-0.25, -0.2) is 23.0 Å². The maximum atomic E-state index is 15.8. The van der Waals surface area contributed by atoms with Crippen LogP contribution in [0, 0.1) is 29.8 Å². The van der Waals surface area contributed by atoms with Crippen molar-refractivity contribution in [2.45, 2.75) is 38.8 Å². The second-order valence-electron chi connectivity index (χ2n) is 9.99. The number of nitrogens with one attached hydrogen (secondary N) is 2. The molecule has 210 valence electrons. The van der Waals surface area contributed by atoms with E-state index in [9.17, 15) is 23.2 Å². The Morgan fingerprint density at radius 3 is 2.51 bits per heavy atom. The molecule has 2 aromatic carbocycles. The fraction of sp³-hybridized carbons (Fsp3) is 0.429. The molecular weight excluding hydrogens is 516 g/mol.